The van der Waals surface area contributed by atoms with Crippen molar-refractivity contribution in [3.05, 3.63) is 42.2 Å². The third-order valence-corrected chi connectivity index (χ3v) is 3.44. The molecule has 2 rings (SSSR count). The van der Waals surface area contributed by atoms with Crippen LogP contribution in [-0.2, 0) is 11.2 Å². The molecule has 0 fully saturated rings. The average molecular weight is 300 g/mol. The van der Waals surface area contributed by atoms with E-state index in [-0.39, 0.29) is 0 Å². The Morgan fingerprint density at radius 2 is 1.68 bits per heavy atom. The van der Waals surface area contributed by atoms with Crippen LogP contribution in [0.15, 0.2) is 36.7 Å². The normalized spacial score (nSPS) is 10.6. The Bertz CT molecular complexity index is 487. The molecule has 0 bridgehead atoms. The topological polar surface area (TPSA) is 44.2 Å². The van der Waals surface area contributed by atoms with Crippen LogP contribution >= 0.6 is 0 Å². The highest BCUT2D eigenvalue weighted by atomic mass is 16.5. The predicted molar refractivity (Wildman–Crippen MR) is 88.1 cm³/mol. The lowest BCUT2D eigenvalue weighted by molar-refractivity contribution is 0.146. The summed E-state index contributed by atoms with van der Waals surface area (Å²) in [5.41, 5.74) is 2.20. The lowest BCUT2D eigenvalue weighted by Crippen LogP contribution is -2.04. The maximum absolute atomic E-state index is 5.55. The maximum atomic E-state index is 5.55. The molecule has 0 aliphatic carbocycles. The summed E-state index contributed by atoms with van der Waals surface area (Å²) in [5, 5.41) is 0. The summed E-state index contributed by atoms with van der Waals surface area (Å²) >= 11 is 0. The smallest absolute Gasteiger partial charge is 0.159 e. The van der Waals surface area contributed by atoms with Crippen molar-refractivity contribution in [1.29, 1.82) is 0 Å². The number of rotatable bonds is 9. The van der Waals surface area contributed by atoms with Crippen LogP contribution in [0.4, 0.5) is 0 Å². The van der Waals surface area contributed by atoms with Gasteiger partial charge in [-0.15, -0.1) is 0 Å². The molecule has 1 aromatic heterocycles. The molecule has 0 unspecified atom stereocenters. The fourth-order valence-electron chi connectivity index (χ4n) is 2.16. The average Bonchev–Trinajstić information content (AvgIpc) is 2.57. The summed E-state index contributed by atoms with van der Waals surface area (Å²) in [6, 6.07) is 7.83. The first-order valence-electron chi connectivity index (χ1n) is 7.86. The monoisotopic (exact) mass is 300 g/mol. The largest absolute Gasteiger partial charge is 0.491 e. The van der Waals surface area contributed by atoms with Gasteiger partial charge in [-0.1, -0.05) is 19.8 Å². The van der Waals surface area contributed by atoms with E-state index in [0.29, 0.717) is 13.2 Å². The first-order chi connectivity index (χ1) is 10.8. The Hall–Kier alpha value is -1.94. The van der Waals surface area contributed by atoms with E-state index in [1.807, 2.05) is 36.7 Å². The van der Waals surface area contributed by atoms with Gasteiger partial charge < -0.3 is 9.47 Å². The number of aromatic nitrogens is 2. The minimum atomic E-state index is 0.554. The lowest BCUT2D eigenvalue weighted by Gasteiger charge is -2.06. The number of nitrogens with zero attached hydrogens (tertiary/aromatic N) is 2. The van der Waals surface area contributed by atoms with Crippen molar-refractivity contribution in [2.24, 2.45) is 0 Å². The number of hydrogen-bond acceptors (Lipinski definition) is 4. The van der Waals surface area contributed by atoms with E-state index in [2.05, 4.69) is 16.9 Å². The number of benzene rings is 1. The molecule has 0 atom stereocenters. The van der Waals surface area contributed by atoms with Gasteiger partial charge in [0.05, 0.1) is 6.61 Å². The van der Waals surface area contributed by atoms with E-state index in [1.165, 1.54) is 24.8 Å². The molecule has 2 aromatic rings. The Morgan fingerprint density at radius 3 is 2.32 bits per heavy atom. The minimum Gasteiger partial charge on any atom is -0.491 e. The zero-order valence-electron chi connectivity index (χ0n) is 13.4. The SMILES string of the molecule is CCCCCc1cnc(-c2ccc(OCCOC)cc2)nc1. The van der Waals surface area contributed by atoms with Gasteiger partial charge in [-0.3, -0.25) is 0 Å². The first-order valence-corrected chi connectivity index (χ1v) is 7.86. The molecule has 22 heavy (non-hydrogen) atoms. The van der Waals surface area contributed by atoms with Crippen LogP contribution in [0.2, 0.25) is 0 Å². The predicted octanol–water partition coefficient (Wildman–Crippen LogP) is 3.90. The molecule has 0 aliphatic heterocycles. The van der Waals surface area contributed by atoms with Crippen LogP contribution in [-0.4, -0.2) is 30.3 Å². The third-order valence-electron chi connectivity index (χ3n) is 3.44. The Morgan fingerprint density at radius 1 is 0.955 bits per heavy atom. The molecular formula is C18H24N2O2. The first kappa shape index (κ1) is 16.4. The van der Waals surface area contributed by atoms with E-state index in [9.17, 15) is 0 Å². The highest BCUT2D eigenvalue weighted by molar-refractivity contribution is 5.55. The summed E-state index contributed by atoms with van der Waals surface area (Å²) in [5.74, 6) is 1.58. The van der Waals surface area contributed by atoms with Crippen LogP contribution in [0.25, 0.3) is 11.4 Å². The molecule has 0 aliphatic rings. The quantitative estimate of drug-likeness (QED) is 0.659. The molecule has 4 heteroatoms. The number of hydrogen-bond donors (Lipinski definition) is 0. The van der Waals surface area contributed by atoms with Crippen molar-refractivity contribution in [2.75, 3.05) is 20.3 Å². The molecule has 118 valence electrons. The second kappa shape index (κ2) is 9.15. The van der Waals surface area contributed by atoms with Gasteiger partial charge in [0, 0.05) is 25.1 Å². The number of unbranched alkanes of at least 4 members (excludes halogenated alkanes) is 2. The summed E-state index contributed by atoms with van der Waals surface area (Å²) in [6.07, 6.45) is 8.61. The number of aryl methyl sites for hydroxylation is 1. The van der Waals surface area contributed by atoms with Crippen molar-refractivity contribution in [3.63, 3.8) is 0 Å². The molecule has 0 amide bonds. The summed E-state index contributed by atoms with van der Waals surface area (Å²) in [7, 11) is 1.66. The van der Waals surface area contributed by atoms with Gasteiger partial charge in [0.1, 0.15) is 12.4 Å². The molecule has 0 N–H and O–H groups in total. The van der Waals surface area contributed by atoms with Gasteiger partial charge in [0.25, 0.3) is 0 Å². The minimum absolute atomic E-state index is 0.554. The summed E-state index contributed by atoms with van der Waals surface area (Å²) in [4.78, 5) is 8.92. The van der Waals surface area contributed by atoms with E-state index >= 15 is 0 Å². The summed E-state index contributed by atoms with van der Waals surface area (Å²) < 4.78 is 10.5. The van der Waals surface area contributed by atoms with Crippen LogP contribution < -0.4 is 4.74 Å². The van der Waals surface area contributed by atoms with E-state index < -0.39 is 0 Å². The molecular weight excluding hydrogens is 276 g/mol. The lowest BCUT2D eigenvalue weighted by atomic mass is 10.1. The Balaban J connectivity index is 1.93. The molecule has 0 spiro atoms. The zero-order valence-corrected chi connectivity index (χ0v) is 13.4. The van der Waals surface area contributed by atoms with Gasteiger partial charge in [-0.2, -0.15) is 0 Å². The molecule has 0 radical (unpaired) electrons. The van der Waals surface area contributed by atoms with E-state index in [1.54, 1.807) is 7.11 Å². The van der Waals surface area contributed by atoms with Crippen molar-refractivity contribution >= 4 is 0 Å². The van der Waals surface area contributed by atoms with E-state index in [0.717, 1.165) is 23.6 Å². The standard InChI is InChI=1S/C18H24N2O2/c1-3-4-5-6-15-13-19-18(20-14-15)16-7-9-17(10-8-16)22-12-11-21-2/h7-10,13-14H,3-6,11-12H2,1-2H3. The Labute approximate surface area is 132 Å². The summed E-state index contributed by atoms with van der Waals surface area (Å²) in [6.45, 7) is 3.35. The molecule has 0 saturated heterocycles. The van der Waals surface area contributed by atoms with Crippen LogP contribution in [0.5, 0.6) is 5.75 Å². The zero-order chi connectivity index (χ0) is 15.6. The van der Waals surface area contributed by atoms with Gasteiger partial charge >= 0.3 is 0 Å². The second-order valence-corrected chi connectivity index (χ2v) is 5.24. The van der Waals surface area contributed by atoms with Crippen molar-refractivity contribution < 1.29 is 9.47 Å². The Kier molecular flexibility index (Phi) is 6.84. The van der Waals surface area contributed by atoms with Gasteiger partial charge in [-0.25, -0.2) is 9.97 Å². The van der Waals surface area contributed by atoms with Crippen molar-refractivity contribution in [3.8, 4) is 17.1 Å². The van der Waals surface area contributed by atoms with Gasteiger partial charge in [0.15, 0.2) is 5.82 Å². The second-order valence-electron chi connectivity index (χ2n) is 5.24. The highest BCUT2D eigenvalue weighted by Crippen LogP contribution is 2.19. The third kappa shape index (κ3) is 5.11. The number of ether oxygens (including phenoxy) is 2. The fourth-order valence-corrected chi connectivity index (χ4v) is 2.16. The van der Waals surface area contributed by atoms with Crippen LogP contribution in [0.1, 0.15) is 31.7 Å². The van der Waals surface area contributed by atoms with Crippen molar-refractivity contribution in [2.45, 2.75) is 32.6 Å². The molecule has 1 aromatic carbocycles. The molecule has 4 nitrogen and oxygen atoms in total. The number of methoxy groups -OCH3 is 1. The van der Waals surface area contributed by atoms with Crippen molar-refractivity contribution in [1.82, 2.24) is 9.97 Å². The fraction of sp³-hybridized carbons (Fsp3) is 0.444. The highest BCUT2D eigenvalue weighted by Gasteiger charge is 2.02. The molecule has 0 saturated carbocycles. The maximum Gasteiger partial charge on any atom is 0.159 e. The van der Waals surface area contributed by atoms with Gasteiger partial charge in [0.2, 0.25) is 0 Å². The molecule has 1 heterocycles. The van der Waals surface area contributed by atoms with Gasteiger partial charge in [-0.05, 0) is 42.7 Å². The van der Waals surface area contributed by atoms with Crippen LogP contribution in [0.3, 0.4) is 0 Å². The van der Waals surface area contributed by atoms with E-state index in [4.69, 9.17) is 9.47 Å². The van der Waals surface area contributed by atoms with Crippen LogP contribution in [0, 0.1) is 0 Å².